The molecule has 1 rings (SSSR count). The van der Waals surface area contributed by atoms with Crippen LogP contribution < -0.4 is 5.32 Å². The highest BCUT2D eigenvalue weighted by Gasteiger charge is 2.14. The molecule has 1 unspecified atom stereocenters. The summed E-state index contributed by atoms with van der Waals surface area (Å²) in [5.74, 6) is 0. The zero-order valence-corrected chi connectivity index (χ0v) is 9.60. The molecule has 0 spiro atoms. The molecule has 4 heteroatoms. The van der Waals surface area contributed by atoms with Gasteiger partial charge >= 0.3 is 0 Å². The average molecular weight is 211 g/mol. The highest BCUT2D eigenvalue weighted by molar-refractivity contribution is 7.05. The van der Waals surface area contributed by atoms with E-state index in [0.717, 1.165) is 25.1 Å². The van der Waals surface area contributed by atoms with Crippen LogP contribution in [-0.2, 0) is 0 Å². The highest BCUT2D eigenvalue weighted by atomic mass is 32.1. The summed E-state index contributed by atoms with van der Waals surface area (Å²) in [7, 11) is 0. The summed E-state index contributed by atoms with van der Waals surface area (Å²) in [6.07, 6.45) is 4.01. The fourth-order valence-corrected chi connectivity index (χ4v) is 2.06. The Bertz CT molecular complexity index is 283. The van der Waals surface area contributed by atoms with Crippen LogP contribution in [0.3, 0.4) is 0 Å². The molecular formula is C10H17N3S. The van der Waals surface area contributed by atoms with Crippen LogP contribution in [0.1, 0.15) is 36.4 Å². The van der Waals surface area contributed by atoms with Crippen LogP contribution in [0.5, 0.6) is 0 Å². The van der Waals surface area contributed by atoms with Crippen molar-refractivity contribution in [3.8, 4) is 0 Å². The van der Waals surface area contributed by atoms with Gasteiger partial charge in [0.05, 0.1) is 10.6 Å². The molecule has 0 aliphatic rings. The predicted octanol–water partition coefficient (Wildman–Crippen LogP) is 2.46. The number of aryl methyl sites for hydroxylation is 1. The van der Waals surface area contributed by atoms with Gasteiger partial charge in [-0.15, -0.1) is 11.7 Å². The Labute approximate surface area is 89.4 Å². The van der Waals surface area contributed by atoms with Crippen molar-refractivity contribution >= 4 is 11.5 Å². The summed E-state index contributed by atoms with van der Waals surface area (Å²) in [4.78, 5) is 1.23. The second-order valence-corrected chi connectivity index (χ2v) is 4.04. The fourth-order valence-electron chi connectivity index (χ4n) is 1.33. The maximum atomic E-state index is 4.02. The van der Waals surface area contributed by atoms with Gasteiger partial charge in [0.1, 0.15) is 0 Å². The molecule has 0 aliphatic heterocycles. The Balaban J connectivity index is 2.66. The molecule has 1 atom stereocenters. The van der Waals surface area contributed by atoms with E-state index in [2.05, 4.69) is 28.4 Å². The van der Waals surface area contributed by atoms with Crippen molar-refractivity contribution in [2.24, 2.45) is 0 Å². The smallest absolute Gasteiger partial charge is 0.0772 e. The lowest BCUT2D eigenvalue weighted by molar-refractivity contribution is 0.541. The van der Waals surface area contributed by atoms with E-state index in [1.165, 1.54) is 16.4 Å². The van der Waals surface area contributed by atoms with E-state index < -0.39 is 0 Å². The zero-order chi connectivity index (χ0) is 10.4. The Hall–Kier alpha value is -0.740. The van der Waals surface area contributed by atoms with Gasteiger partial charge in [0.25, 0.3) is 0 Å². The van der Waals surface area contributed by atoms with Gasteiger partial charge in [-0.05, 0) is 37.8 Å². The monoisotopic (exact) mass is 211 g/mol. The summed E-state index contributed by atoms with van der Waals surface area (Å²) in [6.45, 7) is 8.96. The Kier molecular flexibility index (Phi) is 4.76. The van der Waals surface area contributed by atoms with Gasteiger partial charge in [-0.25, -0.2) is 0 Å². The van der Waals surface area contributed by atoms with E-state index in [9.17, 15) is 0 Å². The van der Waals surface area contributed by atoms with Gasteiger partial charge < -0.3 is 5.32 Å². The summed E-state index contributed by atoms with van der Waals surface area (Å²) < 4.78 is 3.95. The molecular weight excluding hydrogens is 194 g/mol. The summed E-state index contributed by atoms with van der Waals surface area (Å²) >= 11 is 1.48. The van der Waals surface area contributed by atoms with Crippen LogP contribution in [0.2, 0.25) is 0 Å². The Morgan fingerprint density at radius 3 is 2.93 bits per heavy atom. The molecule has 1 N–H and O–H groups in total. The lowest BCUT2D eigenvalue weighted by Gasteiger charge is -2.14. The maximum absolute atomic E-state index is 4.02. The van der Waals surface area contributed by atoms with E-state index >= 15 is 0 Å². The van der Waals surface area contributed by atoms with E-state index in [4.69, 9.17) is 0 Å². The van der Waals surface area contributed by atoms with Crippen LogP contribution in [0.4, 0.5) is 0 Å². The van der Waals surface area contributed by atoms with Crippen molar-refractivity contribution in [2.75, 3.05) is 6.54 Å². The van der Waals surface area contributed by atoms with Crippen LogP contribution in [0.25, 0.3) is 0 Å². The largest absolute Gasteiger partial charge is 0.309 e. The molecule has 1 heterocycles. The van der Waals surface area contributed by atoms with Gasteiger partial charge in [-0.1, -0.05) is 17.5 Å². The third-order valence-electron chi connectivity index (χ3n) is 2.05. The van der Waals surface area contributed by atoms with Crippen LogP contribution >= 0.6 is 11.5 Å². The summed E-state index contributed by atoms with van der Waals surface area (Å²) in [5.41, 5.74) is 1.03. The molecule has 0 aliphatic carbocycles. The van der Waals surface area contributed by atoms with E-state index in [1.54, 1.807) is 0 Å². The van der Waals surface area contributed by atoms with Crippen LogP contribution in [0, 0.1) is 6.92 Å². The first-order valence-electron chi connectivity index (χ1n) is 4.92. The second-order valence-electron chi connectivity index (χ2n) is 3.25. The zero-order valence-electron chi connectivity index (χ0n) is 8.79. The third kappa shape index (κ3) is 2.89. The van der Waals surface area contributed by atoms with E-state index in [-0.39, 0.29) is 0 Å². The first-order valence-corrected chi connectivity index (χ1v) is 5.70. The van der Waals surface area contributed by atoms with Crippen molar-refractivity contribution in [3.63, 3.8) is 0 Å². The number of aromatic nitrogens is 2. The summed E-state index contributed by atoms with van der Waals surface area (Å²) in [6, 6.07) is 0.340. The lowest BCUT2D eigenvalue weighted by atomic mass is 10.1. The molecule has 0 radical (unpaired) electrons. The van der Waals surface area contributed by atoms with Gasteiger partial charge in [0.2, 0.25) is 0 Å². The van der Waals surface area contributed by atoms with Crippen molar-refractivity contribution in [1.82, 2.24) is 14.9 Å². The van der Waals surface area contributed by atoms with Crippen molar-refractivity contribution in [3.05, 3.63) is 23.2 Å². The Morgan fingerprint density at radius 1 is 1.64 bits per heavy atom. The predicted molar refractivity (Wildman–Crippen MR) is 60.5 cm³/mol. The molecule has 0 aromatic carbocycles. The Morgan fingerprint density at radius 2 is 2.43 bits per heavy atom. The molecule has 3 nitrogen and oxygen atoms in total. The molecule has 0 fully saturated rings. The minimum Gasteiger partial charge on any atom is -0.309 e. The van der Waals surface area contributed by atoms with Gasteiger partial charge in [-0.3, -0.25) is 0 Å². The number of rotatable bonds is 6. The van der Waals surface area contributed by atoms with Crippen molar-refractivity contribution < 1.29 is 0 Å². The minimum absolute atomic E-state index is 0.340. The first-order chi connectivity index (χ1) is 6.79. The number of hydrogen-bond acceptors (Lipinski definition) is 4. The number of hydrogen-bond donors (Lipinski definition) is 1. The van der Waals surface area contributed by atoms with E-state index in [0.29, 0.717) is 6.04 Å². The van der Waals surface area contributed by atoms with Crippen molar-refractivity contribution in [2.45, 2.75) is 32.7 Å². The van der Waals surface area contributed by atoms with E-state index in [1.807, 2.05) is 13.0 Å². The second kappa shape index (κ2) is 5.88. The molecule has 0 amide bonds. The molecule has 78 valence electrons. The molecule has 0 bridgehead atoms. The molecule has 0 saturated carbocycles. The third-order valence-corrected chi connectivity index (χ3v) is 2.99. The standard InChI is InChI=1S/C10H17N3S/c1-4-6-9(11-7-5-2)10-8(3)12-13-14-10/h4,9,11H,1,5-7H2,2-3H3. The molecule has 0 saturated heterocycles. The molecule has 14 heavy (non-hydrogen) atoms. The number of nitrogens with zero attached hydrogens (tertiary/aromatic N) is 2. The lowest BCUT2D eigenvalue weighted by Crippen LogP contribution is -2.21. The molecule has 1 aromatic heterocycles. The SMILES string of the molecule is C=CCC(NCCC)c1snnc1C. The molecule has 1 aromatic rings. The fraction of sp³-hybridized carbons (Fsp3) is 0.600. The van der Waals surface area contributed by atoms with Crippen molar-refractivity contribution in [1.29, 1.82) is 0 Å². The van der Waals surface area contributed by atoms with Gasteiger partial charge in [-0.2, -0.15) is 0 Å². The topological polar surface area (TPSA) is 37.8 Å². The van der Waals surface area contributed by atoms with Gasteiger partial charge in [0.15, 0.2) is 0 Å². The first kappa shape index (κ1) is 11.3. The maximum Gasteiger partial charge on any atom is 0.0772 e. The van der Waals surface area contributed by atoms with Gasteiger partial charge in [0, 0.05) is 6.04 Å². The minimum atomic E-state index is 0.340. The van der Waals surface area contributed by atoms with Crippen LogP contribution in [0.15, 0.2) is 12.7 Å². The average Bonchev–Trinajstić information content (AvgIpc) is 2.59. The highest BCUT2D eigenvalue weighted by Crippen LogP contribution is 2.22. The number of nitrogens with one attached hydrogen (secondary N) is 1. The van der Waals surface area contributed by atoms with Crippen LogP contribution in [-0.4, -0.2) is 16.1 Å². The quantitative estimate of drug-likeness (QED) is 0.734. The normalized spacial score (nSPS) is 12.7. The summed E-state index contributed by atoms with van der Waals surface area (Å²) in [5, 5.41) is 7.49.